The van der Waals surface area contributed by atoms with Crippen LogP contribution < -0.4 is 4.90 Å². The lowest BCUT2D eigenvalue weighted by atomic mass is 9.75. The molecule has 1 atom stereocenters. The Morgan fingerprint density at radius 2 is 2.20 bits per heavy atom. The third-order valence-electron chi connectivity index (χ3n) is 4.21. The van der Waals surface area contributed by atoms with Crippen molar-refractivity contribution in [2.75, 3.05) is 18.0 Å². The summed E-state index contributed by atoms with van der Waals surface area (Å²) in [7, 11) is 0. The summed E-state index contributed by atoms with van der Waals surface area (Å²) in [5.41, 5.74) is -0.690. The number of rotatable bonds is 4. The molecule has 0 amide bonds. The van der Waals surface area contributed by atoms with Gasteiger partial charge in [0.15, 0.2) is 0 Å². The highest BCUT2D eigenvalue weighted by Crippen LogP contribution is 2.36. The molecule has 2 rings (SSSR count). The van der Waals surface area contributed by atoms with E-state index < -0.39 is 11.4 Å². The van der Waals surface area contributed by atoms with Crippen molar-refractivity contribution in [1.29, 1.82) is 0 Å². The lowest BCUT2D eigenvalue weighted by Gasteiger charge is -2.38. The number of carboxylic acid groups (broad SMARTS) is 1. The number of hydrogen-bond donors (Lipinski definition) is 1. The van der Waals surface area contributed by atoms with Gasteiger partial charge in [0.05, 0.1) is 5.41 Å². The molecule has 6 heteroatoms. The average Bonchev–Trinajstić information content (AvgIpc) is 2.88. The summed E-state index contributed by atoms with van der Waals surface area (Å²) in [6.07, 6.45) is 1.98. The Morgan fingerprint density at radius 1 is 1.50 bits per heavy atom. The van der Waals surface area contributed by atoms with Gasteiger partial charge in [-0.15, -0.1) is 0 Å². The van der Waals surface area contributed by atoms with Crippen molar-refractivity contribution in [2.45, 2.75) is 46.5 Å². The van der Waals surface area contributed by atoms with Crippen LogP contribution in [0.15, 0.2) is 0 Å². The Balaban J connectivity index is 2.12. The molecule has 1 unspecified atom stereocenters. The SMILES string of the molecule is CC(C)c1nsc(N2CCCC(C(C)(C)C(=O)O)C2)n1. The first-order valence-corrected chi connectivity index (χ1v) is 7.91. The van der Waals surface area contributed by atoms with Gasteiger partial charge in [0.2, 0.25) is 5.13 Å². The number of nitrogens with zero attached hydrogens (tertiary/aromatic N) is 3. The number of hydrogen-bond acceptors (Lipinski definition) is 5. The molecule has 1 saturated heterocycles. The predicted molar refractivity (Wildman–Crippen MR) is 80.4 cm³/mol. The zero-order valence-corrected chi connectivity index (χ0v) is 13.4. The number of carbonyl (C=O) groups is 1. The highest BCUT2D eigenvalue weighted by atomic mass is 32.1. The Bertz CT molecular complexity index is 485. The van der Waals surface area contributed by atoms with Crippen molar-refractivity contribution in [1.82, 2.24) is 9.36 Å². The van der Waals surface area contributed by atoms with E-state index in [1.54, 1.807) is 0 Å². The standard InChI is InChI=1S/C14H23N3O2S/c1-9(2)11-15-13(20-16-11)17-7-5-6-10(8-17)14(3,4)12(18)19/h9-10H,5-8H2,1-4H3,(H,18,19). The molecule has 112 valence electrons. The minimum atomic E-state index is -0.718. The minimum Gasteiger partial charge on any atom is -0.481 e. The Labute approximate surface area is 124 Å². The second-order valence-corrected chi connectivity index (χ2v) is 7.13. The zero-order chi connectivity index (χ0) is 14.9. The second kappa shape index (κ2) is 5.68. The molecule has 0 radical (unpaired) electrons. The van der Waals surface area contributed by atoms with Crippen LogP contribution in [0.5, 0.6) is 0 Å². The van der Waals surface area contributed by atoms with Gasteiger partial charge in [-0.25, -0.2) is 4.98 Å². The van der Waals surface area contributed by atoms with Crippen LogP contribution in [0.4, 0.5) is 5.13 Å². The summed E-state index contributed by atoms with van der Waals surface area (Å²) in [6.45, 7) is 9.51. The molecule has 1 aliphatic rings. The summed E-state index contributed by atoms with van der Waals surface area (Å²) >= 11 is 1.42. The first-order chi connectivity index (χ1) is 9.32. The van der Waals surface area contributed by atoms with Crippen LogP contribution in [0.25, 0.3) is 0 Å². The summed E-state index contributed by atoms with van der Waals surface area (Å²) in [5, 5.41) is 10.3. The molecular weight excluding hydrogens is 274 g/mol. The molecule has 1 fully saturated rings. The largest absolute Gasteiger partial charge is 0.481 e. The highest BCUT2D eigenvalue weighted by Gasteiger charge is 2.39. The molecule has 0 spiro atoms. The minimum absolute atomic E-state index is 0.153. The maximum absolute atomic E-state index is 11.4. The van der Waals surface area contributed by atoms with E-state index in [9.17, 15) is 9.90 Å². The monoisotopic (exact) mass is 297 g/mol. The van der Waals surface area contributed by atoms with E-state index in [0.29, 0.717) is 5.92 Å². The number of aromatic nitrogens is 2. The second-order valence-electron chi connectivity index (χ2n) is 6.40. The summed E-state index contributed by atoms with van der Waals surface area (Å²) < 4.78 is 4.39. The van der Waals surface area contributed by atoms with E-state index in [1.165, 1.54) is 11.5 Å². The van der Waals surface area contributed by atoms with E-state index >= 15 is 0 Å². The smallest absolute Gasteiger partial charge is 0.309 e. The van der Waals surface area contributed by atoms with Gasteiger partial charge in [-0.05, 0) is 32.6 Å². The molecule has 0 saturated carbocycles. The fourth-order valence-corrected chi connectivity index (χ4v) is 3.35. The van der Waals surface area contributed by atoms with Gasteiger partial charge in [0, 0.05) is 30.5 Å². The molecule has 0 aromatic carbocycles. The Morgan fingerprint density at radius 3 is 2.75 bits per heavy atom. The summed E-state index contributed by atoms with van der Waals surface area (Å²) in [6, 6.07) is 0. The summed E-state index contributed by atoms with van der Waals surface area (Å²) in [5.74, 6) is 0.644. The van der Waals surface area contributed by atoms with E-state index in [1.807, 2.05) is 13.8 Å². The zero-order valence-electron chi connectivity index (χ0n) is 12.6. The molecular formula is C14H23N3O2S. The number of piperidine rings is 1. The van der Waals surface area contributed by atoms with Gasteiger partial charge >= 0.3 is 5.97 Å². The van der Waals surface area contributed by atoms with Gasteiger partial charge in [0.1, 0.15) is 5.82 Å². The first-order valence-electron chi connectivity index (χ1n) is 7.14. The third kappa shape index (κ3) is 2.95. The van der Waals surface area contributed by atoms with Gasteiger partial charge < -0.3 is 10.0 Å². The van der Waals surface area contributed by atoms with Crippen molar-refractivity contribution < 1.29 is 9.90 Å². The maximum Gasteiger partial charge on any atom is 0.309 e. The predicted octanol–water partition coefficient (Wildman–Crippen LogP) is 2.99. The molecule has 0 bridgehead atoms. The lowest BCUT2D eigenvalue weighted by Crippen LogP contribution is -2.44. The van der Waals surface area contributed by atoms with Crippen molar-refractivity contribution >= 4 is 22.6 Å². The topological polar surface area (TPSA) is 66.3 Å². The van der Waals surface area contributed by atoms with Gasteiger partial charge in [-0.2, -0.15) is 4.37 Å². The van der Waals surface area contributed by atoms with Crippen LogP contribution in [0, 0.1) is 11.3 Å². The molecule has 2 heterocycles. The van der Waals surface area contributed by atoms with E-state index in [2.05, 4.69) is 28.1 Å². The van der Waals surface area contributed by atoms with E-state index in [-0.39, 0.29) is 5.92 Å². The molecule has 1 aromatic heterocycles. The van der Waals surface area contributed by atoms with Gasteiger partial charge in [-0.1, -0.05) is 13.8 Å². The molecule has 0 aliphatic carbocycles. The van der Waals surface area contributed by atoms with Crippen LogP contribution in [0.2, 0.25) is 0 Å². The number of carboxylic acids is 1. The van der Waals surface area contributed by atoms with Crippen LogP contribution in [0.3, 0.4) is 0 Å². The van der Waals surface area contributed by atoms with Crippen LogP contribution in [-0.2, 0) is 4.79 Å². The highest BCUT2D eigenvalue weighted by molar-refractivity contribution is 7.09. The average molecular weight is 297 g/mol. The van der Waals surface area contributed by atoms with E-state index in [4.69, 9.17) is 0 Å². The fourth-order valence-electron chi connectivity index (χ4n) is 2.50. The first kappa shape index (κ1) is 15.2. The lowest BCUT2D eigenvalue weighted by molar-refractivity contribution is -0.150. The number of anilines is 1. The van der Waals surface area contributed by atoms with Gasteiger partial charge in [-0.3, -0.25) is 4.79 Å². The molecule has 1 aliphatic heterocycles. The van der Waals surface area contributed by atoms with Crippen molar-refractivity contribution in [3.05, 3.63) is 5.82 Å². The van der Waals surface area contributed by atoms with E-state index in [0.717, 1.165) is 36.9 Å². The Kier molecular flexibility index (Phi) is 4.32. The molecule has 5 nitrogen and oxygen atoms in total. The van der Waals surface area contributed by atoms with Crippen molar-refractivity contribution in [3.63, 3.8) is 0 Å². The third-order valence-corrected chi connectivity index (χ3v) is 5.00. The maximum atomic E-state index is 11.4. The van der Waals surface area contributed by atoms with Gasteiger partial charge in [0.25, 0.3) is 0 Å². The fraction of sp³-hybridized carbons (Fsp3) is 0.786. The normalized spacial score (nSPS) is 20.4. The van der Waals surface area contributed by atoms with Crippen LogP contribution in [0.1, 0.15) is 52.3 Å². The quantitative estimate of drug-likeness (QED) is 0.925. The van der Waals surface area contributed by atoms with Crippen LogP contribution in [-0.4, -0.2) is 33.5 Å². The van der Waals surface area contributed by atoms with Crippen LogP contribution >= 0.6 is 11.5 Å². The number of aliphatic carboxylic acids is 1. The molecule has 1 N–H and O–H groups in total. The molecule has 20 heavy (non-hydrogen) atoms. The van der Waals surface area contributed by atoms with Crippen molar-refractivity contribution in [2.24, 2.45) is 11.3 Å². The summed E-state index contributed by atoms with van der Waals surface area (Å²) in [4.78, 5) is 18.2. The van der Waals surface area contributed by atoms with Crippen molar-refractivity contribution in [3.8, 4) is 0 Å². The Hall–Kier alpha value is -1.17. The molecule has 1 aromatic rings.